The van der Waals surface area contributed by atoms with Gasteiger partial charge in [0, 0.05) is 64.5 Å². The maximum Gasteiger partial charge on any atom is 0.254 e. The highest BCUT2D eigenvalue weighted by molar-refractivity contribution is 7.98. The van der Waals surface area contributed by atoms with E-state index in [4.69, 9.17) is 4.74 Å². The van der Waals surface area contributed by atoms with Crippen molar-refractivity contribution in [1.29, 1.82) is 0 Å². The number of carbonyl (C=O) groups excluding carboxylic acids is 1. The van der Waals surface area contributed by atoms with E-state index in [2.05, 4.69) is 45.7 Å². The summed E-state index contributed by atoms with van der Waals surface area (Å²) in [7, 11) is 0. The highest BCUT2D eigenvalue weighted by Gasteiger charge is 2.32. The van der Waals surface area contributed by atoms with Crippen LogP contribution in [0.4, 0.5) is 0 Å². The van der Waals surface area contributed by atoms with Gasteiger partial charge in [-0.25, -0.2) is 0 Å². The van der Waals surface area contributed by atoms with Gasteiger partial charge in [0.25, 0.3) is 11.5 Å². The van der Waals surface area contributed by atoms with Crippen LogP contribution in [0.1, 0.15) is 66.0 Å². The van der Waals surface area contributed by atoms with Crippen molar-refractivity contribution in [2.75, 3.05) is 32.6 Å². The van der Waals surface area contributed by atoms with Gasteiger partial charge in [-0.3, -0.25) is 14.5 Å². The molecule has 1 unspecified atom stereocenters. The third-order valence-corrected chi connectivity index (χ3v) is 9.46. The van der Waals surface area contributed by atoms with Gasteiger partial charge in [0.15, 0.2) is 0 Å². The molecule has 2 aromatic heterocycles. The van der Waals surface area contributed by atoms with Crippen molar-refractivity contribution < 1.29 is 9.53 Å². The average Bonchev–Trinajstić information content (AvgIpc) is 3.23. The minimum atomic E-state index is -0.143. The van der Waals surface area contributed by atoms with Gasteiger partial charge in [0.05, 0.1) is 18.8 Å². The molecule has 1 aromatic carbocycles. The van der Waals surface area contributed by atoms with Gasteiger partial charge in [-0.05, 0) is 70.8 Å². The van der Waals surface area contributed by atoms with Crippen LogP contribution in [-0.4, -0.2) is 59.0 Å². The SMILES string of the molecule is CSc1cc(C)[nH]c(=O)c1CNC(=O)c1c(C)n(C(C)C2CCC(N3CCOCC3)CC2)c2ccccc12. The molecule has 1 saturated carbocycles. The lowest BCUT2D eigenvalue weighted by molar-refractivity contribution is 0.00305. The van der Waals surface area contributed by atoms with Gasteiger partial charge >= 0.3 is 0 Å². The van der Waals surface area contributed by atoms with Crippen LogP contribution < -0.4 is 10.9 Å². The molecular formula is C30H40N4O3S. The normalized spacial score (nSPS) is 21.5. The van der Waals surface area contributed by atoms with E-state index in [0.717, 1.165) is 53.5 Å². The fraction of sp³-hybridized carbons (Fsp3) is 0.533. The van der Waals surface area contributed by atoms with Crippen LogP contribution in [0.15, 0.2) is 40.0 Å². The molecule has 0 bridgehead atoms. The van der Waals surface area contributed by atoms with Crippen LogP contribution in [0.2, 0.25) is 0 Å². The Labute approximate surface area is 229 Å². The summed E-state index contributed by atoms with van der Waals surface area (Å²) in [4.78, 5) is 32.6. The zero-order valence-corrected chi connectivity index (χ0v) is 23.8. The summed E-state index contributed by atoms with van der Waals surface area (Å²) in [6, 6.07) is 11.2. The lowest BCUT2D eigenvalue weighted by Crippen LogP contribution is -2.45. The van der Waals surface area contributed by atoms with Crippen LogP contribution in [0.25, 0.3) is 10.9 Å². The number of rotatable bonds is 7. The highest BCUT2D eigenvalue weighted by Crippen LogP contribution is 2.39. The number of hydrogen-bond donors (Lipinski definition) is 2. The van der Waals surface area contributed by atoms with Crippen LogP contribution >= 0.6 is 11.8 Å². The summed E-state index contributed by atoms with van der Waals surface area (Å²) in [5, 5.41) is 4.03. The number of hydrogen-bond acceptors (Lipinski definition) is 5. The first-order chi connectivity index (χ1) is 18.4. The van der Waals surface area contributed by atoms with E-state index in [0.29, 0.717) is 29.1 Å². The van der Waals surface area contributed by atoms with Gasteiger partial charge in [-0.2, -0.15) is 0 Å². The molecule has 1 saturated heterocycles. The number of carbonyl (C=O) groups is 1. The summed E-state index contributed by atoms with van der Waals surface area (Å²) >= 11 is 1.53. The first-order valence-electron chi connectivity index (χ1n) is 13.8. The molecule has 7 nitrogen and oxygen atoms in total. The molecule has 5 rings (SSSR count). The summed E-state index contributed by atoms with van der Waals surface area (Å²) < 4.78 is 7.94. The molecule has 1 atom stereocenters. The van der Waals surface area contributed by atoms with Crippen molar-refractivity contribution in [1.82, 2.24) is 19.8 Å². The monoisotopic (exact) mass is 536 g/mol. The predicted octanol–water partition coefficient (Wildman–Crippen LogP) is 5.05. The fourth-order valence-electron chi connectivity index (χ4n) is 6.60. The number of H-pyrrole nitrogens is 1. The molecular weight excluding hydrogens is 496 g/mol. The number of nitrogens with one attached hydrogen (secondary N) is 2. The van der Waals surface area contributed by atoms with Crippen molar-refractivity contribution in [3.63, 3.8) is 0 Å². The maximum absolute atomic E-state index is 13.6. The molecule has 2 aliphatic rings. The van der Waals surface area contributed by atoms with Crippen LogP contribution in [0.5, 0.6) is 0 Å². The Bertz CT molecular complexity index is 1350. The topological polar surface area (TPSA) is 79.4 Å². The van der Waals surface area contributed by atoms with Gasteiger partial charge in [0.1, 0.15) is 0 Å². The van der Waals surface area contributed by atoms with E-state index in [-0.39, 0.29) is 18.0 Å². The lowest BCUT2D eigenvalue weighted by atomic mass is 9.81. The molecule has 8 heteroatoms. The number of aromatic amines is 1. The van der Waals surface area contributed by atoms with Crippen LogP contribution in [-0.2, 0) is 11.3 Å². The fourth-order valence-corrected chi connectivity index (χ4v) is 7.30. The molecule has 3 aromatic rings. The molecule has 0 radical (unpaired) electrons. The molecule has 2 N–H and O–H groups in total. The molecule has 2 fully saturated rings. The largest absolute Gasteiger partial charge is 0.379 e. The second kappa shape index (κ2) is 11.7. The van der Waals surface area contributed by atoms with Crippen LogP contribution in [0.3, 0.4) is 0 Å². The third-order valence-electron chi connectivity index (χ3n) is 8.65. The van der Waals surface area contributed by atoms with Gasteiger partial charge in [0.2, 0.25) is 0 Å². The van der Waals surface area contributed by atoms with Crippen molar-refractivity contribution in [2.24, 2.45) is 5.92 Å². The number of morpholine rings is 1. The predicted molar refractivity (Wildman–Crippen MR) is 154 cm³/mol. The summed E-state index contributed by atoms with van der Waals surface area (Å²) in [6.07, 6.45) is 6.80. The first kappa shape index (κ1) is 27.0. The molecule has 204 valence electrons. The number of aryl methyl sites for hydroxylation is 1. The lowest BCUT2D eigenvalue weighted by Gasteiger charge is -2.40. The first-order valence-corrected chi connectivity index (χ1v) is 15.1. The number of fused-ring (bicyclic) bond motifs is 1. The van der Waals surface area contributed by atoms with Crippen molar-refractivity contribution in [3.8, 4) is 0 Å². The second-order valence-corrected chi connectivity index (χ2v) is 11.7. The van der Waals surface area contributed by atoms with E-state index in [9.17, 15) is 9.59 Å². The number of benzene rings is 1. The highest BCUT2D eigenvalue weighted by atomic mass is 32.2. The number of aromatic nitrogens is 2. The Hall–Kier alpha value is -2.55. The Morgan fingerprint density at radius 1 is 1.16 bits per heavy atom. The van der Waals surface area contributed by atoms with Gasteiger partial charge in [-0.1, -0.05) is 18.2 Å². The second-order valence-electron chi connectivity index (χ2n) is 10.8. The Balaban J connectivity index is 1.36. The summed E-state index contributed by atoms with van der Waals surface area (Å²) in [5.41, 5.74) is 4.09. The van der Waals surface area contributed by atoms with E-state index in [1.54, 1.807) is 0 Å². The molecule has 38 heavy (non-hydrogen) atoms. The Kier molecular flexibility index (Phi) is 8.31. The van der Waals surface area contributed by atoms with Crippen molar-refractivity contribution >= 4 is 28.6 Å². The Morgan fingerprint density at radius 3 is 2.58 bits per heavy atom. The van der Waals surface area contributed by atoms with Gasteiger partial charge in [-0.15, -0.1) is 11.8 Å². The minimum Gasteiger partial charge on any atom is -0.379 e. The number of amides is 1. The molecule has 1 aliphatic carbocycles. The standard InChI is InChI=1S/C30H40N4O3S/c1-19-17-27(38-4)25(29(35)32-19)18-31-30(36)28-21(3)34(26-8-6-5-7-24(26)28)20(2)22-9-11-23(12-10-22)33-13-15-37-16-14-33/h5-8,17,20,22-23H,9-16,18H2,1-4H3,(H,31,36)(H,32,35). The van der Waals surface area contributed by atoms with Gasteiger partial charge < -0.3 is 19.6 Å². The zero-order chi connectivity index (χ0) is 26.8. The smallest absolute Gasteiger partial charge is 0.254 e. The summed E-state index contributed by atoms with van der Waals surface area (Å²) in [5.74, 6) is 0.445. The number of thioether (sulfide) groups is 1. The quantitative estimate of drug-likeness (QED) is 0.413. The summed E-state index contributed by atoms with van der Waals surface area (Å²) in [6.45, 7) is 10.3. The number of pyridine rings is 1. The van der Waals surface area contributed by atoms with Crippen molar-refractivity contribution in [3.05, 3.63) is 63.2 Å². The number of ether oxygens (including phenoxy) is 1. The van der Waals surface area contributed by atoms with E-state index >= 15 is 0 Å². The third kappa shape index (κ3) is 5.31. The molecule has 3 heterocycles. The maximum atomic E-state index is 13.6. The molecule has 0 spiro atoms. The van der Waals surface area contributed by atoms with Crippen molar-refractivity contribution in [2.45, 2.75) is 70.0 Å². The molecule has 1 aliphatic heterocycles. The van der Waals surface area contributed by atoms with E-state index in [1.165, 1.54) is 37.4 Å². The van der Waals surface area contributed by atoms with E-state index < -0.39 is 0 Å². The zero-order valence-electron chi connectivity index (χ0n) is 23.0. The number of para-hydroxylation sites is 1. The van der Waals surface area contributed by atoms with Crippen LogP contribution in [0, 0.1) is 19.8 Å². The van der Waals surface area contributed by atoms with E-state index in [1.807, 2.05) is 31.4 Å². The Morgan fingerprint density at radius 2 is 1.87 bits per heavy atom. The minimum absolute atomic E-state index is 0.132. The number of nitrogens with zero attached hydrogens (tertiary/aromatic N) is 2. The average molecular weight is 537 g/mol. The molecule has 1 amide bonds.